The fourth-order valence-corrected chi connectivity index (χ4v) is 1.70. The fourth-order valence-electron chi connectivity index (χ4n) is 0.923. The van der Waals surface area contributed by atoms with Gasteiger partial charge in [-0.2, -0.15) is 0 Å². The van der Waals surface area contributed by atoms with E-state index < -0.39 is 0 Å². The van der Waals surface area contributed by atoms with Crippen LogP contribution >= 0.6 is 22.6 Å². The van der Waals surface area contributed by atoms with Gasteiger partial charge in [-0.3, -0.25) is 4.90 Å². The average Bonchev–Trinajstić information content (AvgIpc) is 1.98. The topological polar surface area (TPSA) is 29.3 Å². The van der Waals surface area contributed by atoms with Crippen molar-refractivity contribution in [2.45, 2.75) is 23.1 Å². The number of halogens is 1. The standard InChI is InChI=1S/C5H11IN2/c1-8-4(6)2-3-5(8)7/h4-5H,2-3,7H2,1H3. The number of nitrogens with zero attached hydrogens (tertiary/aromatic N) is 1. The Balaban J connectivity index is 2.44. The second-order valence-corrected chi connectivity index (χ2v) is 3.68. The molecule has 0 aromatic heterocycles. The van der Waals surface area contributed by atoms with Gasteiger partial charge in [-0.15, -0.1) is 0 Å². The Morgan fingerprint density at radius 2 is 2.25 bits per heavy atom. The molecule has 1 aliphatic heterocycles. The van der Waals surface area contributed by atoms with Crippen molar-refractivity contribution >= 4 is 22.6 Å². The third kappa shape index (κ3) is 1.14. The summed E-state index contributed by atoms with van der Waals surface area (Å²) in [6.45, 7) is 0. The first-order valence-electron chi connectivity index (χ1n) is 2.83. The van der Waals surface area contributed by atoms with Crippen molar-refractivity contribution in [2.75, 3.05) is 7.05 Å². The molecule has 0 amide bonds. The highest BCUT2D eigenvalue weighted by Gasteiger charge is 2.24. The molecule has 48 valence electrons. The molecule has 2 atom stereocenters. The van der Waals surface area contributed by atoms with Crippen LogP contribution in [0.2, 0.25) is 0 Å². The molecule has 0 saturated carbocycles. The molecule has 1 fully saturated rings. The van der Waals surface area contributed by atoms with Gasteiger partial charge in [0.25, 0.3) is 0 Å². The van der Waals surface area contributed by atoms with Gasteiger partial charge in [0, 0.05) is 0 Å². The molecule has 0 bridgehead atoms. The summed E-state index contributed by atoms with van der Waals surface area (Å²) in [6, 6.07) is 0. The summed E-state index contributed by atoms with van der Waals surface area (Å²) in [7, 11) is 2.08. The van der Waals surface area contributed by atoms with Gasteiger partial charge in [-0.05, 0) is 19.9 Å². The number of hydrogen-bond donors (Lipinski definition) is 1. The Morgan fingerprint density at radius 1 is 1.62 bits per heavy atom. The maximum Gasteiger partial charge on any atom is 0.0630 e. The second-order valence-electron chi connectivity index (χ2n) is 2.24. The van der Waals surface area contributed by atoms with Gasteiger partial charge in [-0.1, -0.05) is 22.6 Å². The Bertz CT molecular complexity index is 76.5. The predicted molar refractivity (Wildman–Crippen MR) is 42.8 cm³/mol. The molecule has 1 heterocycles. The molecule has 1 rings (SSSR count). The number of nitrogens with two attached hydrogens (primary N) is 1. The summed E-state index contributed by atoms with van der Waals surface area (Å²) in [5, 5.41) is 0. The van der Waals surface area contributed by atoms with E-state index in [1.54, 1.807) is 0 Å². The molecule has 0 aromatic rings. The lowest BCUT2D eigenvalue weighted by atomic mass is 10.3. The molecular weight excluding hydrogens is 215 g/mol. The Labute approximate surface area is 63.6 Å². The summed E-state index contributed by atoms with van der Waals surface area (Å²) in [6.07, 6.45) is 2.72. The monoisotopic (exact) mass is 226 g/mol. The molecule has 0 aliphatic carbocycles. The minimum atomic E-state index is 0.317. The zero-order chi connectivity index (χ0) is 6.15. The lowest BCUT2D eigenvalue weighted by molar-refractivity contribution is 0.308. The Kier molecular flexibility index (Phi) is 2.11. The zero-order valence-electron chi connectivity index (χ0n) is 4.97. The van der Waals surface area contributed by atoms with Crippen LogP contribution in [0.1, 0.15) is 12.8 Å². The van der Waals surface area contributed by atoms with Crippen molar-refractivity contribution in [3.05, 3.63) is 0 Å². The highest BCUT2D eigenvalue weighted by Crippen LogP contribution is 2.23. The van der Waals surface area contributed by atoms with E-state index in [2.05, 4.69) is 34.5 Å². The summed E-state index contributed by atoms with van der Waals surface area (Å²) in [5.74, 6) is 0. The first kappa shape index (κ1) is 6.77. The molecule has 0 spiro atoms. The first-order valence-corrected chi connectivity index (χ1v) is 4.08. The largest absolute Gasteiger partial charge is 0.316 e. The summed E-state index contributed by atoms with van der Waals surface area (Å²) in [5.41, 5.74) is 5.69. The van der Waals surface area contributed by atoms with Crippen molar-refractivity contribution in [3.8, 4) is 0 Å². The van der Waals surface area contributed by atoms with Crippen LogP contribution in [0, 0.1) is 0 Å². The van der Waals surface area contributed by atoms with Crippen LogP contribution < -0.4 is 5.73 Å². The van der Waals surface area contributed by atoms with Crippen LogP contribution in [0.15, 0.2) is 0 Å². The van der Waals surface area contributed by atoms with E-state index in [-0.39, 0.29) is 0 Å². The zero-order valence-corrected chi connectivity index (χ0v) is 7.13. The third-order valence-electron chi connectivity index (χ3n) is 1.67. The van der Waals surface area contributed by atoms with E-state index in [1.807, 2.05) is 0 Å². The van der Waals surface area contributed by atoms with Gasteiger partial charge in [0.1, 0.15) is 0 Å². The minimum Gasteiger partial charge on any atom is -0.316 e. The van der Waals surface area contributed by atoms with E-state index in [0.29, 0.717) is 10.2 Å². The number of rotatable bonds is 0. The van der Waals surface area contributed by atoms with E-state index in [4.69, 9.17) is 5.73 Å². The molecular formula is C5H11IN2. The van der Waals surface area contributed by atoms with Gasteiger partial charge in [-0.25, -0.2) is 0 Å². The van der Waals surface area contributed by atoms with Crippen LogP contribution in [0.3, 0.4) is 0 Å². The van der Waals surface area contributed by atoms with Crippen molar-refractivity contribution in [1.82, 2.24) is 4.90 Å². The first-order chi connectivity index (χ1) is 3.72. The number of hydrogen-bond acceptors (Lipinski definition) is 2. The van der Waals surface area contributed by atoms with E-state index in [0.717, 1.165) is 6.42 Å². The number of alkyl halides is 1. The maximum atomic E-state index is 5.69. The van der Waals surface area contributed by atoms with Gasteiger partial charge in [0.15, 0.2) is 0 Å². The minimum absolute atomic E-state index is 0.317. The third-order valence-corrected chi connectivity index (χ3v) is 3.17. The maximum absolute atomic E-state index is 5.69. The van der Waals surface area contributed by atoms with Gasteiger partial charge < -0.3 is 5.73 Å². The second kappa shape index (κ2) is 2.49. The smallest absolute Gasteiger partial charge is 0.0630 e. The summed E-state index contributed by atoms with van der Waals surface area (Å²) >= 11 is 2.42. The molecule has 1 saturated heterocycles. The highest BCUT2D eigenvalue weighted by molar-refractivity contribution is 14.1. The molecule has 2 N–H and O–H groups in total. The van der Waals surface area contributed by atoms with Crippen LogP contribution in [0.4, 0.5) is 0 Å². The molecule has 8 heavy (non-hydrogen) atoms. The molecule has 1 aliphatic rings. The van der Waals surface area contributed by atoms with Gasteiger partial charge in [0.05, 0.1) is 10.2 Å². The molecule has 0 aromatic carbocycles. The van der Waals surface area contributed by atoms with Crippen LogP contribution in [-0.2, 0) is 0 Å². The Morgan fingerprint density at radius 3 is 2.38 bits per heavy atom. The van der Waals surface area contributed by atoms with Gasteiger partial charge in [0.2, 0.25) is 0 Å². The number of likely N-dealkylation sites (tertiary alicyclic amines) is 1. The van der Waals surface area contributed by atoms with Crippen LogP contribution in [0.5, 0.6) is 0 Å². The van der Waals surface area contributed by atoms with E-state index >= 15 is 0 Å². The van der Waals surface area contributed by atoms with Crippen LogP contribution in [-0.4, -0.2) is 22.2 Å². The van der Waals surface area contributed by atoms with E-state index in [9.17, 15) is 0 Å². The van der Waals surface area contributed by atoms with Crippen molar-refractivity contribution in [3.63, 3.8) is 0 Å². The Hall–Kier alpha value is 0.650. The average molecular weight is 226 g/mol. The van der Waals surface area contributed by atoms with Gasteiger partial charge >= 0.3 is 0 Å². The molecule has 2 nitrogen and oxygen atoms in total. The summed E-state index contributed by atoms with van der Waals surface area (Å²) in [4.78, 5) is 2.21. The molecule has 2 unspecified atom stereocenters. The SMILES string of the molecule is CN1C(N)CCC1I. The van der Waals surface area contributed by atoms with E-state index in [1.165, 1.54) is 6.42 Å². The molecule has 0 radical (unpaired) electrons. The van der Waals surface area contributed by atoms with Crippen molar-refractivity contribution < 1.29 is 0 Å². The quantitative estimate of drug-likeness (QED) is 0.375. The van der Waals surface area contributed by atoms with Crippen LogP contribution in [0.25, 0.3) is 0 Å². The normalized spacial score (nSPS) is 40.9. The fraction of sp³-hybridized carbons (Fsp3) is 1.00. The lowest BCUT2D eigenvalue weighted by Gasteiger charge is -2.17. The lowest BCUT2D eigenvalue weighted by Crippen LogP contribution is -2.35. The molecule has 3 heteroatoms. The summed E-state index contributed by atoms with van der Waals surface area (Å²) < 4.78 is 0.669. The highest BCUT2D eigenvalue weighted by atomic mass is 127. The van der Waals surface area contributed by atoms with Crippen molar-refractivity contribution in [2.24, 2.45) is 5.73 Å². The predicted octanol–water partition coefficient (Wildman–Crippen LogP) is 0.758. The van der Waals surface area contributed by atoms with Crippen molar-refractivity contribution in [1.29, 1.82) is 0 Å².